The van der Waals surface area contributed by atoms with Gasteiger partial charge in [0.25, 0.3) is 10.0 Å². The Balaban J connectivity index is 2.24. The summed E-state index contributed by atoms with van der Waals surface area (Å²) >= 11 is 2.97. The van der Waals surface area contributed by atoms with Gasteiger partial charge < -0.3 is 5.32 Å². The summed E-state index contributed by atoms with van der Waals surface area (Å²) in [5.41, 5.74) is -0.485. The molecule has 8 nitrogen and oxygen atoms in total. The number of guanidine groups is 1. The largest absolute Gasteiger partial charge is 0.471 e. The number of rotatable bonds is 4. The first-order valence-corrected chi connectivity index (χ1v) is 10.6. The summed E-state index contributed by atoms with van der Waals surface area (Å²) in [6.07, 6.45) is -3.39. The molecule has 1 aromatic rings. The molecule has 160 valence electrons. The number of aliphatic imine (C=N–C) groups is 1. The highest BCUT2D eigenvalue weighted by Gasteiger charge is 2.39. The molecule has 0 atom stereocenters. The van der Waals surface area contributed by atoms with E-state index >= 15 is 0 Å². The van der Waals surface area contributed by atoms with Crippen LogP contribution in [-0.4, -0.2) is 50.8 Å². The average Bonchev–Trinajstić information content (AvgIpc) is 2.95. The topological polar surface area (TPSA) is 103 Å². The van der Waals surface area contributed by atoms with Gasteiger partial charge in [0.15, 0.2) is 0 Å². The first kappa shape index (κ1) is 23.1. The van der Waals surface area contributed by atoms with E-state index in [-0.39, 0.29) is 26.4 Å². The van der Waals surface area contributed by atoms with Crippen LogP contribution in [0.4, 0.5) is 18.9 Å². The van der Waals surface area contributed by atoms with Crippen molar-refractivity contribution < 1.29 is 26.4 Å². The molecule has 1 amide bonds. The first-order valence-electron chi connectivity index (χ1n) is 8.33. The van der Waals surface area contributed by atoms with Crippen LogP contribution in [0, 0.1) is 5.41 Å². The monoisotopic (exact) mass is 497 g/mol. The van der Waals surface area contributed by atoms with Gasteiger partial charge in [0, 0.05) is 22.6 Å². The fourth-order valence-corrected chi connectivity index (χ4v) is 3.95. The van der Waals surface area contributed by atoms with Crippen LogP contribution < -0.4 is 10.0 Å². The number of hydrogen-bond acceptors (Lipinski definition) is 5. The molecular weight excluding hydrogens is 479 g/mol. The quantitative estimate of drug-likeness (QED) is 0.492. The highest BCUT2D eigenvalue weighted by molar-refractivity contribution is 9.10. The fourth-order valence-electron chi connectivity index (χ4n) is 2.28. The SMILES string of the molecule is CCN=C(NS(=O)(=O)c1ccc(NC(=O)C(F)(F)F)c(Br)c1)N1CC(C)(C)C=N1. The van der Waals surface area contributed by atoms with Gasteiger partial charge in [0.2, 0.25) is 5.96 Å². The van der Waals surface area contributed by atoms with Crippen LogP contribution >= 0.6 is 15.9 Å². The van der Waals surface area contributed by atoms with Crippen molar-refractivity contribution in [2.45, 2.75) is 31.8 Å². The van der Waals surface area contributed by atoms with Gasteiger partial charge in [-0.15, -0.1) is 0 Å². The van der Waals surface area contributed by atoms with Gasteiger partial charge in [-0.2, -0.15) is 18.3 Å². The summed E-state index contributed by atoms with van der Waals surface area (Å²) in [7, 11) is -4.11. The molecule has 0 saturated carbocycles. The maximum Gasteiger partial charge on any atom is 0.471 e. The fraction of sp³-hybridized carbons (Fsp3) is 0.438. The predicted octanol–water partition coefficient (Wildman–Crippen LogP) is 2.93. The number of amides is 1. The number of carbonyl (C=O) groups is 1. The van der Waals surface area contributed by atoms with Gasteiger partial charge >= 0.3 is 12.1 Å². The van der Waals surface area contributed by atoms with Crippen molar-refractivity contribution in [1.29, 1.82) is 0 Å². The molecule has 1 aliphatic heterocycles. The van der Waals surface area contributed by atoms with Gasteiger partial charge in [0.05, 0.1) is 17.1 Å². The standard InChI is InChI=1S/C16H19BrF3N5O3S/c1-4-21-14(25-9-15(2,3)8-22-25)24-29(27,28)10-5-6-12(11(17)7-10)23-13(26)16(18,19)20/h5-8H,4,9H2,1-3H3,(H,21,24)(H,23,26). The summed E-state index contributed by atoms with van der Waals surface area (Å²) in [6.45, 7) is 6.31. The predicted molar refractivity (Wildman–Crippen MR) is 106 cm³/mol. The number of halogens is 4. The van der Waals surface area contributed by atoms with Crippen molar-refractivity contribution in [2.24, 2.45) is 15.5 Å². The van der Waals surface area contributed by atoms with Crippen LogP contribution in [0.25, 0.3) is 0 Å². The van der Waals surface area contributed by atoms with Crippen molar-refractivity contribution in [3.05, 3.63) is 22.7 Å². The van der Waals surface area contributed by atoms with Crippen molar-refractivity contribution in [3.8, 4) is 0 Å². The molecule has 0 aromatic heterocycles. The number of hydrazone groups is 1. The Bertz CT molecular complexity index is 961. The molecular formula is C16H19BrF3N5O3S. The number of benzene rings is 1. The Labute approximate surface area is 174 Å². The Kier molecular flexibility index (Phi) is 6.62. The maximum absolute atomic E-state index is 12.7. The summed E-state index contributed by atoms with van der Waals surface area (Å²) in [4.78, 5) is 15.0. The molecule has 0 bridgehead atoms. The van der Waals surface area contributed by atoms with Crippen molar-refractivity contribution in [3.63, 3.8) is 0 Å². The number of hydrogen-bond donors (Lipinski definition) is 2. The molecule has 0 saturated heterocycles. The Morgan fingerprint density at radius 2 is 2.03 bits per heavy atom. The minimum atomic E-state index is -5.07. The molecule has 0 radical (unpaired) electrons. The zero-order chi connectivity index (χ0) is 22.0. The van der Waals surface area contributed by atoms with E-state index in [9.17, 15) is 26.4 Å². The number of anilines is 1. The normalized spacial score (nSPS) is 16.8. The Morgan fingerprint density at radius 3 is 2.52 bits per heavy atom. The third-order valence-corrected chi connectivity index (χ3v) is 5.62. The van der Waals surface area contributed by atoms with Crippen LogP contribution in [0.5, 0.6) is 0 Å². The number of nitrogens with one attached hydrogen (secondary N) is 2. The second-order valence-corrected chi connectivity index (χ2v) is 9.32. The number of sulfonamides is 1. The second-order valence-electron chi connectivity index (χ2n) is 6.79. The van der Waals surface area contributed by atoms with Crippen molar-refractivity contribution >= 4 is 49.7 Å². The average molecular weight is 498 g/mol. The summed E-state index contributed by atoms with van der Waals surface area (Å²) in [6, 6.07) is 3.20. The highest BCUT2D eigenvalue weighted by atomic mass is 79.9. The van der Waals surface area contributed by atoms with E-state index in [0.29, 0.717) is 13.1 Å². The van der Waals surface area contributed by atoms with E-state index in [4.69, 9.17) is 0 Å². The van der Waals surface area contributed by atoms with Crippen LogP contribution in [0.2, 0.25) is 0 Å². The zero-order valence-corrected chi connectivity index (χ0v) is 18.1. The summed E-state index contributed by atoms with van der Waals surface area (Å²) in [5.74, 6) is -2.14. The lowest BCUT2D eigenvalue weighted by atomic mass is 9.97. The van der Waals surface area contributed by atoms with Crippen LogP contribution in [0.15, 0.2) is 37.7 Å². The third-order valence-electron chi connectivity index (χ3n) is 3.64. The number of alkyl halides is 3. The molecule has 29 heavy (non-hydrogen) atoms. The second kappa shape index (κ2) is 8.30. The van der Waals surface area contributed by atoms with E-state index in [1.165, 1.54) is 5.01 Å². The van der Waals surface area contributed by atoms with Crippen molar-refractivity contribution in [2.75, 3.05) is 18.4 Å². The van der Waals surface area contributed by atoms with E-state index in [1.807, 2.05) is 13.8 Å². The zero-order valence-electron chi connectivity index (χ0n) is 15.7. The third kappa shape index (κ3) is 5.92. The van der Waals surface area contributed by atoms with Gasteiger partial charge in [0.1, 0.15) is 0 Å². The summed E-state index contributed by atoms with van der Waals surface area (Å²) in [5, 5.41) is 7.25. The first-order chi connectivity index (χ1) is 13.2. The van der Waals surface area contributed by atoms with E-state index in [0.717, 1.165) is 18.2 Å². The number of nitrogens with zero attached hydrogens (tertiary/aromatic N) is 3. The maximum atomic E-state index is 12.7. The molecule has 0 spiro atoms. The smallest absolute Gasteiger partial charge is 0.317 e. The minimum absolute atomic E-state index is 0.0277. The van der Waals surface area contributed by atoms with Gasteiger partial charge in [-0.1, -0.05) is 13.8 Å². The molecule has 1 aromatic carbocycles. The summed E-state index contributed by atoms with van der Waals surface area (Å²) < 4.78 is 64.9. The molecule has 0 aliphatic carbocycles. The Morgan fingerprint density at radius 1 is 1.38 bits per heavy atom. The molecule has 2 rings (SSSR count). The highest BCUT2D eigenvalue weighted by Crippen LogP contribution is 2.28. The van der Waals surface area contributed by atoms with Gasteiger partial charge in [-0.25, -0.2) is 18.1 Å². The molecule has 13 heteroatoms. The molecule has 0 fully saturated rings. The van der Waals surface area contributed by atoms with Crippen LogP contribution in [-0.2, 0) is 14.8 Å². The molecule has 1 aliphatic rings. The minimum Gasteiger partial charge on any atom is -0.317 e. The van der Waals surface area contributed by atoms with Gasteiger partial charge in [-0.05, 0) is 41.1 Å². The van der Waals surface area contributed by atoms with Crippen LogP contribution in [0.1, 0.15) is 20.8 Å². The lowest BCUT2D eigenvalue weighted by Gasteiger charge is -2.21. The van der Waals surface area contributed by atoms with Crippen molar-refractivity contribution in [1.82, 2.24) is 9.73 Å². The van der Waals surface area contributed by atoms with E-state index in [2.05, 4.69) is 30.7 Å². The van der Waals surface area contributed by atoms with E-state index < -0.39 is 22.1 Å². The number of carbonyl (C=O) groups excluding carboxylic acids is 1. The lowest BCUT2D eigenvalue weighted by molar-refractivity contribution is -0.167. The van der Waals surface area contributed by atoms with Crippen LogP contribution in [0.3, 0.4) is 0 Å². The van der Waals surface area contributed by atoms with E-state index in [1.54, 1.807) is 18.5 Å². The lowest BCUT2D eigenvalue weighted by Crippen LogP contribution is -2.42. The Hall–Kier alpha value is -2.15. The molecule has 0 unspecified atom stereocenters. The van der Waals surface area contributed by atoms with Gasteiger partial charge in [-0.3, -0.25) is 9.79 Å². The molecule has 1 heterocycles. The molecule has 2 N–H and O–H groups in total.